The van der Waals surface area contributed by atoms with Crippen molar-refractivity contribution in [2.24, 2.45) is 0 Å². The molecular weight excluding hydrogens is 514 g/mol. The molecule has 0 saturated carbocycles. The number of hydrogen-bond donors (Lipinski definition) is 0. The van der Waals surface area contributed by atoms with Crippen LogP contribution in [0.15, 0.2) is 59.0 Å². The molecule has 0 N–H and O–H groups in total. The number of nitro groups is 1. The van der Waals surface area contributed by atoms with E-state index in [0.717, 1.165) is 62.5 Å². The Labute approximate surface area is 225 Å². The minimum absolute atomic E-state index is 0.0907. The molecule has 2 aromatic carbocycles. The van der Waals surface area contributed by atoms with Gasteiger partial charge in [-0.25, -0.2) is 8.42 Å². The first-order valence-electron chi connectivity index (χ1n) is 12.8. The van der Waals surface area contributed by atoms with Crippen LogP contribution in [0.5, 0.6) is 0 Å². The topological polar surface area (TPSA) is 93.0 Å². The van der Waals surface area contributed by atoms with Crippen molar-refractivity contribution >= 4 is 33.4 Å². The molecule has 2 aromatic rings. The predicted molar refractivity (Wildman–Crippen MR) is 147 cm³/mol. The molecule has 0 atom stereocenters. The molecule has 0 spiro atoms. The van der Waals surface area contributed by atoms with E-state index in [1.165, 1.54) is 16.4 Å². The SMILES string of the molecule is CCCCC/C(=C\c1ccccc1)CN(CCCN1CCOCC1)S(=O)(=O)c1ccc(Cl)c([N+](=O)[O-])c1. The van der Waals surface area contributed by atoms with Crippen molar-refractivity contribution in [3.05, 3.63) is 74.8 Å². The molecule has 1 saturated heterocycles. The van der Waals surface area contributed by atoms with Crippen LogP contribution in [0.3, 0.4) is 0 Å². The highest BCUT2D eigenvalue weighted by molar-refractivity contribution is 7.89. The van der Waals surface area contributed by atoms with Gasteiger partial charge in [-0.3, -0.25) is 15.0 Å². The Hall–Kier alpha value is -2.30. The summed E-state index contributed by atoms with van der Waals surface area (Å²) in [4.78, 5) is 12.9. The van der Waals surface area contributed by atoms with Gasteiger partial charge in [-0.2, -0.15) is 4.31 Å². The van der Waals surface area contributed by atoms with Gasteiger partial charge in [-0.15, -0.1) is 0 Å². The molecule has 1 heterocycles. The first-order valence-corrected chi connectivity index (χ1v) is 14.6. The number of sulfonamides is 1. The van der Waals surface area contributed by atoms with E-state index in [0.29, 0.717) is 26.2 Å². The lowest BCUT2D eigenvalue weighted by Crippen LogP contribution is -2.39. The number of morpholine rings is 1. The van der Waals surface area contributed by atoms with Gasteiger partial charge in [0.1, 0.15) is 5.02 Å². The fourth-order valence-electron chi connectivity index (χ4n) is 4.33. The minimum Gasteiger partial charge on any atom is -0.379 e. The van der Waals surface area contributed by atoms with Crippen LogP contribution < -0.4 is 0 Å². The number of halogens is 1. The van der Waals surface area contributed by atoms with E-state index in [9.17, 15) is 18.5 Å². The van der Waals surface area contributed by atoms with Crippen molar-refractivity contribution in [2.45, 2.75) is 43.9 Å². The first kappa shape index (κ1) is 29.3. The minimum atomic E-state index is -4.01. The molecular formula is C27H36ClN3O5S. The molecule has 0 aromatic heterocycles. The zero-order valence-corrected chi connectivity index (χ0v) is 22.9. The van der Waals surface area contributed by atoms with E-state index in [1.54, 1.807) is 0 Å². The number of benzene rings is 2. The summed E-state index contributed by atoms with van der Waals surface area (Å²) in [7, 11) is -4.01. The summed E-state index contributed by atoms with van der Waals surface area (Å²) in [6.45, 7) is 6.42. The molecule has 0 unspecified atom stereocenters. The number of ether oxygens (including phenoxy) is 1. The second-order valence-electron chi connectivity index (χ2n) is 9.19. The molecule has 1 aliphatic heterocycles. The number of unbranched alkanes of at least 4 members (excludes halogenated alkanes) is 2. The van der Waals surface area contributed by atoms with Crippen molar-refractivity contribution in [1.82, 2.24) is 9.21 Å². The third kappa shape index (κ3) is 8.90. The summed E-state index contributed by atoms with van der Waals surface area (Å²) in [5.41, 5.74) is 1.61. The predicted octanol–water partition coefficient (Wildman–Crippen LogP) is 5.63. The normalized spacial score (nSPS) is 15.3. The zero-order valence-electron chi connectivity index (χ0n) is 21.4. The lowest BCUT2D eigenvalue weighted by molar-refractivity contribution is -0.384. The van der Waals surface area contributed by atoms with Crippen molar-refractivity contribution in [3.63, 3.8) is 0 Å². The highest BCUT2D eigenvalue weighted by Gasteiger charge is 2.28. The third-order valence-corrected chi connectivity index (χ3v) is 8.55. The van der Waals surface area contributed by atoms with Crippen LogP contribution in [0.2, 0.25) is 5.02 Å². The molecule has 0 radical (unpaired) electrons. The highest BCUT2D eigenvalue weighted by Crippen LogP contribution is 2.29. The van der Waals surface area contributed by atoms with Crippen LogP contribution in [0, 0.1) is 10.1 Å². The standard InChI is InChI=1S/C27H36ClN3O5S/c1-2-3-5-11-24(20-23-9-6-4-7-10-23)22-30(15-8-14-29-16-18-36-19-17-29)37(34,35)25-12-13-26(28)27(21-25)31(32)33/h4,6-7,9-10,12-13,20-21H,2-3,5,8,11,14-19,22H2,1H3/b24-20+. The molecule has 1 fully saturated rings. The van der Waals surface area contributed by atoms with E-state index < -0.39 is 20.6 Å². The van der Waals surface area contributed by atoms with Gasteiger partial charge >= 0.3 is 0 Å². The average Bonchev–Trinajstić information content (AvgIpc) is 2.89. The maximum absolute atomic E-state index is 13.8. The summed E-state index contributed by atoms with van der Waals surface area (Å²) in [6.07, 6.45) is 6.56. The molecule has 0 aliphatic carbocycles. The van der Waals surface area contributed by atoms with E-state index in [2.05, 4.69) is 17.9 Å². The maximum atomic E-state index is 13.8. The molecule has 202 valence electrons. The van der Waals surface area contributed by atoms with Crippen LogP contribution in [0.25, 0.3) is 6.08 Å². The number of nitrogens with zero attached hydrogens (tertiary/aromatic N) is 3. The number of rotatable bonds is 14. The third-order valence-electron chi connectivity index (χ3n) is 6.39. The van der Waals surface area contributed by atoms with Crippen LogP contribution >= 0.6 is 11.6 Å². The summed E-state index contributed by atoms with van der Waals surface area (Å²) in [5, 5.41) is 11.3. The quantitative estimate of drug-likeness (QED) is 0.172. The first-order chi connectivity index (χ1) is 17.8. The highest BCUT2D eigenvalue weighted by atomic mass is 35.5. The van der Waals surface area contributed by atoms with Crippen molar-refractivity contribution < 1.29 is 18.1 Å². The lowest BCUT2D eigenvalue weighted by atomic mass is 10.0. The Morgan fingerprint density at radius 1 is 1.14 bits per heavy atom. The average molecular weight is 550 g/mol. The Morgan fingerprint density at radius 2 is 1.86 bits per heavy atom. The van der Waals surface area contributed by atoms with Crippen molar-refractivity contribution in [3.8, 4) is 0 Å². The molecule has 0 amide bonds. The Balaban J connectivity index is 1.90. The summed E-state index contributed by atoms with van der Waals surface area (Å²) < 4.78 is 34.5. The molecule has 8 nitrogen and oxygen atoms in total. The van der Waals surface area contributed by atoms with Gasteiger partial charge in [0.2, 0.25) is 10.0 Å². The fourth-order valence-corrected chi connectivity index (χ4v) is 6.02. The van der Waals surface area contributed by atoms with Gasteiger partial charge in [0.15, 0.2) is 0 Å². The van der Waals surface area contributed by atoms with Gasteiger partial charge in [0.25, 0.3) is 5.69 Å². The number of hydrogen-bond acceptors (Lipinski definition) is 6. The van der Waals surface area contributed by atoms with Gasteiger partial charge in [-0.1, -0.05) is 73.3 Å². The molecule has 0 bridgehead atoms. The van der Waals surface area contributed by atoms with Crippen molar-refractivity contribution in [2.75, 3.05) is 45.9 Å². The van der Waals surface area contributed by atoms with E-state index in [4.69, 9.17) is 16.3 Å². The Bertz CT molecular complexity index is 1150. The van der Waals surface area contributed by atoms with E-state index in [1.807, 2.05) is 30.3 Å². The van der Waals surface area contributed by atoms with Gasteiger partial charge < -0.3 is 4.74 Å². The molecule has 10 heteroatoms. The second kappa shape index (κ2) is 14.6. The maximum Gasteiger partial charge on any atom is 0.289 e. The van der Waals surface area contributed by atoms with Crippen LogP contribution in [-0.4, -0.2) is 68.5 Å². The van der Waals surface area contributed by atoms with Crippen LogP contribution in [0.1, 0.15) is 44.6 Å². The van der Waals surface area contributed by atoms with Gasteiger partial charge in [0, 0.05) is 32.2 Å². The van der Waals surface area contributed by atoms with Gasteiger partial charge in [-0.05, 0) is 43.5 Å². The van der Waals surface area contributed by atoms with Gasteiger partial charge in [0.05, 0.1) is 23.0 Å². The molecule has 3 rings (SSSR count). The lowest BCUT2D eigenvalue weighted by Gasteiger charge is -2.28. The Morgan fingerprint density at radius 3 is 2.54 bits per heavy atom. The van der Waals surface area contributed by atoms with E-state index in [-0.39, 0.29) is 16.5 Å². The molecule has 37 heavy (non-hydrogen) atoms. The summed E-state index contributed by atoms with van der Waals surface area (Å²) >= 11 is 5.96. The monoisotopic (exact) mass is 549 g/mol. The Kier molecular flexibility index (Phi) is 11.5. The largest absolute Gasteiger partial charge is 0.379 e. The number of nitro benzene ring substituents is 1. The van der Waals surface area contributed by atoms with Crippen molar-refractivity contribution in [1.29, 1.82) is 0 Å². The zero-order chi connectivity index (χ0) is 26.7. The van der Waals surface area contributed by atoms with Crippen LogP contribution in [-0.2, 0) is 14.8 Å². The summed E-state index contributed by atoms with van der Waals surface area (Å²) in [6, 6.07) is 13.5. The second-order valence-corrected chi connectivity index (χ2v) is 11.5. The molecule has 1 aliphatic rings. The van der Waals surface area contributed by atoms with E-state index >= 15 is 0 Å². The smallest absolute Gasteiger partial charge is 0.289 e. The fraction of sp³-hybridized carbons (Fsp3) is 0.481. The van der Waals surface area contributed by atoms with Crippen LogP contribution in [0.4, 0.5) is 5.69 Å². The summed E-state index contributed by atoms with van der Waals surface area (Å²) in [5.74, 6) is 0.